The number of fused-ring (bicyclic) bond motifs is 1. The predicted molar refractivity (Wildman–Crippen MR) is 140 cm³/mol. The van der Waals surface area contributed by atoms with Crippen LogP contribution in [0.15, 0.2) is 30.6 Å². The maximum atomic E-state index is 10.2. The van der Waals surface area contributed by atoms with Gasteiger partial charge in [0.25, 0.3) is 0 Å². The molecule has 1 unspecified atom stereocenters. The standard InChI is InChI=1S/C26H36N8O2/c1-18-4-3-7-34(18)25-24-21(14-22(29-25)19(2)36)16-28-26(31-24)30-23-6-5-20(15-27-23)17-33-10-8-32(9-11-33)12-13-35/h5-6,14-16,18-19,35-36H,3-4,7-13,17H2,1-2H3,(H,27,28,30,31)/t18-,19?/m1/s1. The number of pyridine rings is 2. The van der Waals surface area contributed by atoms with E-state index in [1.54, 1.807) is 13.1 Å². The fraction of sp³-hybridized carbons (Fsp3) is 0.538. The van der Waals surface area contributed by atoms with Crippen molar-refractivity contribution in [1.82, 2.24) is 29.7 Å². The Balaban J connectivity index is 1.30. The van der Waals surface area contributed by atoms with Crippen LogP contribution in [0.2, 0.25) is 0 Å². The van der Waals surface area contributed by atoms with Gasteiger partial charge in [-0.2, -0.15) is 0 Å². The molecule has 10 nitrogen and oxygen atoms in total. The van der Waals surface area contributed by atoms with E-state index in [-0.39, 0.29) is 6.61 Å². The van der Waals surface area contributed by atoms with Crippen LogP contribution in [0.5, 0.6) is 0 Å². The highest BCUT2D eigenvalue weighted by molar-refractivity contribution is 5.89. The molecule has 2 aliphatic rings. The summed E-state index contributed by atoms with van der Waals surface area (Å²) < 4.78 is 0. The van der Waals surface area contributed by atoms with Crippen LogP contribution in [-0.4, -0.2) is 91.9 Å². The molecule has 0 aliphatic carbocycles. The molecule has 3 N–H and O–H groups in total. The number of hydrogen-bond acceptors (Lipinski definition) is 10. The van der Waals surface area contributed by atoms with Crippen LogP contribution in [-0.2, 0) is 6.54 Å². The third kappa shape index (κ3) is 5.57. The number of β-amino-alcohol motifs (C(OH)–C–C–N with tert-alkyl or cyclic N) is 1. The molecule has 2 saturated heterocycles. The normalized spacial score (nSPS) is 20.2. The van der Waals surface area contributed by atoms with E-state index in [9.17, 15) is 5.11 Å². The largest absolute Gasteiger partial charge is 0.395 e. The lowest BCUT2D eigenvalue weighted by atomic mass is 10.2. The van der Waals surface area contributed by atoms with Crippen LogP contribution < -0.4 is 10.2 Å². The van der Waals surface area contributed by atoms with Gasteiger partial charge in [-0.15, -0.1) is 0 Å². The topological polar surface area (TPSA) is 114 Å². The number of aliphatic hydroxyl groups is 2. The van der Waals surface area contributed by atoms with E-state index in [4.69, 9.17) is 15.1 Å². The number of aliphatic hydroxyl groups excluding tert-OH is 2. The van der Waals surface area contributed by atoms with Gasteiger partial charge in [0.05, 0.1) is 18.4 Å². The van der Waals surface area contributed by atoms with Gasteiger partial charge in [-0.1, -0.05) is 6.07 Å². The minimum atomic E-state index is -0.656. The third-order valence-electron chi connectivity index (χ3n) is 7.17. The van der Waals surface area contributed by atoms with E-state index in [1.807, 2.05) is 18.3 Å². The monoisotopic (exact) mass is 492 g/mol. The first-order valence-electron chi connectivity index (χ1n) is 12.9. The molecule has 192 valence electrons. The summed E-state index contributed by atoms with van der Waals surface area (Å²) in [5.74, 6) is 1.97. The molecule has 2 atom stereocenters. The van der Waals surface area contributed by atoms with Crippen molar-refractivity contribution in [2.45, 2.75) is 45.4 Å². The smallest absolute Gasteiger partial charge is 0.229 e. The quantitative estimate of drug-likeness (QED) is 0.433. The Morgan fingerprint density at radius 2 is 1.86 bits per heavy atom. The summed E-state index contributed by atoms with van der Waals surface area (Å²) in [6.45, 7) is 10.7. The maximum absolute atomic E-state index is 10.2. The van der Waals surface area contributed by atoms with Gasteiger partial charge in [0, 0.05) is 69.6 Å². The van der Waals surface area contributed by atoms with Crippen LogP contribution >= 0.6 is 0 Å². The average molecular weight is 493 g/mol. The fourth-order valence-electron chi connectivity index (χ4n) is 5.04. The Bertz CT molecular complexity index is 1160. The summed E-state index contributed by atoms with van der Waals surface area (Å²) in [6, 6.07) is 6.29. The Kier molecular flexibility index (Phi) is 7.56. The van der Waals surface area contributed by atoms with Crippen molar-refractivity contribution in [3.63, 3.8) is 0 Å². The Morgan fingerprint density at radius 1 is 1.06 bits per heavy atom. The zero-order valence-electron chi connectivity index (χ0n) is 21.1. The van der Waals surface area contributed by atoms with Crippen LogP contribution in [0.4, 0.5) is 17.6 Å². The SMILES string of the molecule is CC(O)c1cc2cnc(Nc3ccc(CN4CCN(CCO)CC4)cn3)nc2c(N2CCC[C@H]2C)n1. The van der Waals surface area contributed by atoms with Gasteiger partial charge < -0.3 is 20.4 Å². The molecule has 5 rings (SSSR count). The molecule has 0 spiro atoms. The van der Waals surface area contributed by atoms with E-state index >= 15 is 0 Å². The lowest BCUT2D eigenvalue weighted by Crippen LogP contribution is -2.46. The minimum absolute atomic E-state index is 0.220. The molecule has 2 fully saturated rings. The second-order valence-electron chi connectivity index (χ2n) is 9.88. The first kappa shape index (κ1) is 24.8. The second-order valence-corrected chi connectivity index (χ2v) is 9.88. The highest BCUT2D eigenvalue weighted by Crippen LogP contribution is 2.32. The van der Waals surface area contributed by atoms with Crippen molar-refractivity contribution in [2.24, 2.45) is 0 Å². The van der Waals surface area contributed by atoms with E-state index in [0.717, 1.165) is 80.9 Å². The van der Waals surface area contributed by atoms with Gasteiger partial charge in [-0.3, -0.25) is 9.80 Å². The molecule has 0 aromatic carbocycles. The number of aromatic nitrogens is 4. The van der Waals surface area contributed by atoms with Crippen molar-refractivity contribution in [3.05, 3.63) is 41.9 Å². The molecule has 0 bridgehead atoms. The number of rotatable bonds is 8. The van der Waals surface area contributed by atoms with Gasteiger partial charge in [0.15, 0.2) is 5.82 Å². The highest BCUT2D eigenvalue weighted by Gasteiger charge is 2.25. The van der Waals surface area contributed by atoms with Gasteiger partial charge in [0.1, 0.15) is 11.3 Å². The van der Waals surface area contributed by atoms with E-state index in [1.165, 1.54) is 0 Å². The molecule has 36 heavy (non-hydrogen) atoms. The predicted octanol–water partition coefficient (Wildman–Crippen LogP) is 2.32. The van der Waals surface area contributed by atoms with Gasteiger partial charge >= 0.3 is 0 Å². The molecule has 2 aliphatic heterocycles. The van der Waals surface area contributed by atoms with E-state index in [2.05, 4.69) is 43.0 Å². The first-order valence-corrected chi connectivity index (χ1v) is 12.9. The van der Waals surface area contributed by atoms with Crippen LogP contribution in [0, 0.1) is 0 Å². The summed E-state index contributed by atoms with van der Waals surface area (Å²) in [7, 11) is 0. The maximum Gasteiger partial charge on any atom is 0.229 e. The summed E-state index contributed by atoms with van der Waals surface area (Å²) in [5.41, 5.74) is 2.58. The zero-order chi connectivity index (χ0) is 25.1. The average Bonchev–Trinajstić information content (AvgIpc) is 3.31. The van der Waals surface area contributed by atoms with Crippen LogP contribution in [0.1, 0.15) is 44.1 Å². The van der Waals surface area contributed by atoms with Crippen molar-refractivity contribution in [3.8, 4) is 0 Å². The molecule has 0 amide bonds. The Labute approximate surface area is 212 Å². The Morgan fingerprint density at radius 3 is 2.53 bits per heavy atom. The lowest BCUT2D eigenvalue weighted by molar-refractivity contribution is 0.108. The number of anilines is 3. The molecular formula is C26H36N8O2. The highest BCUT2D eigenvalue weighted by atomic mass is 16.3. The van der Waals surface area contributed by atoms with Gasteiger partial charge in [-0.05, 0) is 44.4 Å². The molecule has 10 heteroatoms. The summed E-state index contributed by atoms with van der Waals surface area (Å²) in [6.07, 6.45) is 5.27. The Hall–Kier alpha value is -2.92. The molecule has 0 saturated carbocycles. The fourth-order valence-corrected chi connectivity index (χ4v) is 5.04. The van der Waals surface area contributed by atoms with Crippen LogP contribution in [0.25, 0.3) is 10.9 Å². The molecule has 0 radical (unpaired) electrons. The van der Waals surface area contributed by atoms with E-state index in [0.29, 0.717) is 23.5 Å². The van der Waals surface area contributed by atoms with Crippen LogP contribution in [0.3, 0.4) is 0 Å². The zero-order valence-corrected chi connectivity index (χ0v) is 21.1. The van der Waals surface area contributed by atoms with Gasteiger partial charge in [-0.25, -0.2) is 19.9 Å². The summed E-state index contributed by atoms with van der Waals surface area (Å²) >= 11 is 0. The molecule has 3 aromatic heterocycles. The summed E-state index contributed by atoms with van der Waals surface area (Å²) in [5, 5.41) is 23.4. The van der Waals surface area contributed by atoms with Crippen molar-refractivity contribution in [1.29, 1.82) is 0 Å². The molecular weight excluding hydrogens is 456 g/mol. The van der Waals surface area contributed by atoms with Crippen molar-refractivity contribution in [2.75, 3.05) is 56.1 Å². The third-order valence-corrected chi connectivity index (χ3v) is 7.17. The molecule has 3 aromatic rings. The van der Waals surface area contributed by atoms with E-state index < -0.39 is 6.10 Å². The van der Waals surface area contributed by atoms with Crippen molar-refractivity contribution < 1.29 is 10.2 Å². The lowest BCUT2D eigenvalue weighted by Gasteiger charge is -2.34. The number of nitrogens with zero attached hydrogens (tertiary/aromatic N) is 7. The minimum Gasteiger partial charge on any atom is -0.395 e. The number of piperazine rings is 1. The van der Waals surface area contributed by atoms with Crippen molar-refractivity contribution >= 4 is 28.5 Å². The second kappa shape index (κ2) is 11.0. The van der Waals surface area contributed by atoms with Gasteiger partial charge in [0.2, 0.25) is 5.95 Å². The summed E-state index contributed by atoms with van der Waals surface area (Å²) in [4.78, 5) is 25.7. The number of hydrogen-bond donors (Lipinski definition) is 3. The number of nitrogens with one attached hydrogen (secondary N) is 1. The molecule has 5 heterocycles. The first-order chi connectivity index (χ1) is 17.5.